The van der Waals surface area contributed by atoms with E-state index in [0.29, 0.717) is 16.9 Å². The number of hydrogen-bond acceptors (Lipinski definition) is 3. The molecule has 3 nitrogen and oxygen atoms in total. The van der Waals surface area contributed by atoms with Crippen molar-refractivity contribution in [3.05, 3.63) is 52.0 Å². The van der Waals surface area contributed by atoms with Crippen molar-refractivity contribution in [1.82, 2.24) is 0 Å². The maximum absolute atomic E-state index is 13.5. The fourth-order valence-electron chi connectivity index (χ4n) is 1.54. The van der Waals surface area contributed by atoms with E-state index >= 15 is 0 Å². The maximum atomic E-state index is 13.5. The van der Waals surface area contributed by atoms with Gasteiger partial charge in [-0.25, -0.2) is 4.39 Å². The summed E-state index contributed by atoms with van der Waals surface area (Å²) in [5.74, 6) is 4.71. The van der Waals surface area contributed by atoms with E-state index in [9.17, 15) is 9.18 Å². The van der Waals surface area contributed by atoms with Gasteiger partial charge in [-0.15, -0.1) is 11.3 Å². The van der Waals surface area contributed by atoms with Crippen LogP contribution in [-0.2, 0) is 0 Å². The lowest BCUT2D eigenvalue weighted by atomic mass is 10.2. The number of anilines is 1. The number of carbonyl (C=O) groups excluding carboxylic acids is 1. The van der Waals surface area contributed by atoms with Crippen LogP contribution in [0.3, 0.4) is 0 Å². The van der Waals surface area contributed by atoms with Gasteiger partial charge in [-0.1, -0.05) is 24.0 Å². The van der Waals surface area contributed by atoms with Crippen molar-refractivity contribution >= 4 is 22.9 Å². The number of aliphatic hydroxyl groups excluding tert-OH is 1. The molecule has 1 aromatic carbocycles. The number of hydrogen-bond donors (Lipinski definition) is 2. The highest BCUT2D eigenvalue weighted by Crippen LogP contribution is 2.19. The van der Waals surface area contributed by atoms with Crippen LogP contribution in [0.5, 0.6) is 0 Å². The Bertz CT molecular complexity index is 670. The average Bonchev–Trinajstić information content (AvgIpc) is 2.90. The lowest BCUT2D eigenvalue weighted by Gasteiger charge is -2.04. The van der Waals surface area contributed by atoms with Crippen LogP contribution in [-0.4, -0.2) is 17.6 Å². The van der Waals surface area contributed by atoms with Gasteiger partial charge in [0.2, 0.25) is 0 Å². The highest BCUT2D eigenvalue weighted by atomic mass is 32.1. The van der Waals surface area contributed by atoms with Crippen molar-refractivity contribution in [3.63, 3.8) is 0 Å². The van der Waals surface area contributed by atoms with E-state index in [1.54, 1.807) is 23.6 Å². The van der Waals surface area contributed by atoms with Crippen LogP contribution in [0, 0.1) is 17.7 Å². The van der Waals surface area contributed by atoms with Crippen LogP contribution in [0.25, 0.3) is 0 Å². The summed E-state index contributed by atoms with van der Waals surface area (Å²) in [6, 6.07) is 7.71. The molecule has 0 unspecified atom stereocenters. The topological polar surface area (TPSA) is 49.3 Å². The normalized spacial score (nSPS) is 9.70. The van der Waals surface area contributed by atoms with Gasteiger partial charge in [-0.3, -0.25) is 4.79 Å². The Morgan fingerprint density at radius 1 is 1.35 bits per heavy atom. The third-order valence-electron chi connectivity index (χ3n) is 2.45. The van der Waals surface area contributed by atoms with Gasteiger partial charge in [-0.2, -0.15) is 0 Å². The lowest BCUT2D eigenvalue weighted by molar-refractivity contribution is 0.103. The number of nitrogens with one attached hydrogen (secondary N) is 1. The minimum atomic E-state index is -0.481. The number of halogens is 1. The molecule has 0 saturated heterocycles. The third-order valence-corrected chi connectivity index (χ3v) is 3.37. The molecule has 0 spiro atoms. The Labute approximate surface area is 120 Å². The van der Waals surface area contributed by atoms with Gasteiger partial charge >= 0.3 is 0 Å². The quantitative estimate of drug-likeness (QED) is 0.854. The SMILES string of the molecule is O=C(Nc1ccccc1F)c1sccc1C#CCCO. The first-order valence-electron chi connectivity index (χ1n) is 5.95. The summed E-state index contributed by atoms with van der Waals surface area (Å²) in [4.78, 5) is 12.5. The van der Waals surface area contributed by atoms with Crippen LogP contribution in [0.15, 0.2) is 35.7 Å². The number of benzene rings is 1. The molecule has 0 atom stereocenters. The van der Waals surface area contributed by atoms with E-state index in [0.717, 1.165) is 0 Å². The highest BCUT2D eigenvalue weighted by Gasteiger charge is 2.13. The van der Waals surface area contributed by atoms with E-state index in [4.69, 9.17) is 5.11 Å². The van der Waals surface area contributed by atoms with Crippen molar-refractivity contribution in [2.45, 2.75) is 6.42 Å². The molecule has 0 aliphatic rings. The Morgan fingerprint density at radius 3 is 2.90 bits per heavy atom. The molecule has 0 saturated carbocycles. The van der Waals surface area contributed by atoms with Crippen LogP contribution < -0.4 is 5.32 Å². The summed E-state index contributed by atoms with van der Waals surface area (Å²) in [6.07, 6.45) is 0.351. The molecule has 0 radical (unpaired) electrons. The summed E-state index contributed by atoms with van der Waals surface area (Å²) in [7, 11) is 0. The summed E-state index contributed by atoms with van der Waals surface area (Å²) < 4.78 is 13.5. The average molecular weight is 289 g/mol. The lowest BCUT2D eigenvalue weighted by Crippen LogP contribution is -2.12. The predicted molar refractivity (Wildman–Crippen MR) is 77.3 cm³/mol. The second-order valence-corrected chi connectivity index (χ2v) is 4.79. The van der Waals surface area contributed by atoms with Gasteiger partial charge in [-0.05, 0) is 23.6 Å². The van der Waals surface area contributed by atoms with Gasteiger partial charge in [0.1, 0.15) is 10.7 Å². The molecule has 1 aromatic heterocycles. The smallest absolute Gasteiger partial charge is 0.267 e. The molecular weight excluding hydrogens is 277 g/mol. The fourth-order valence-corrected chi connectivity index (χ4v) is 2.28. The zero-order valence-corrected chi connectivity index (χ0v) is 11.3. The number of aliphatic hydroxyl groups is 1. The zero-order valence-electron chi connectivity index (χ0n) is 10.5. The van der Waals surface area contributed by atoms with Crippen molar-refractivity contribution < 1.29 is 14.3 Å². The minimum absolute atomic E-state index is 0.0199. The van der Waals surface area contributed by atoms with Crippen molar-refractivity contribution in [3.8, 4) is 11.8 Å². The van der Waals surface area contributed by atoms with Gasteiger partial charge in [0, 0.05) is 12.0 Å². The molecule has 20 heavy (non-hydrogen) atoms. The molecule has 0 fully saturated rings. The number of amides is 1. The molecule has 0 aliphatic carbocycles. The van der Waals surface area contributed by atoms with Crippen LogP contribution in [0.2, 0.25) is 0 Å². The summed E-state index contributed by atoms with van der Waals surface area (Å²) in [6.45, 7) is -0.0199. The highest BCUT2D eigenvalue weighted by molar-refractivity contribution is 7.12. The Kier molecular flexibility index (Phi) is 4.88. The molecular formula is C15H12FNO2S. The predicted octanol–water partition coefficient (Wildman–Crippen LogP) is 2.87. The standard InChI is InChI=1S/C15H12FNO2S/c16-12-6-1-2-7-13(12)17-15(19)14-11(8-10-20-14)5-3-4-9-18/h1-2,6-8,10,18H,4,9H2,(H,17,19). The Balaban J connectivity index is 2.17. The van der Waals surface area contributed by atoms with Gasteiger partial charge < -0.3 is 10.4 Å². The largest absolute Gasteiger partial charge is 0.395 e. The third kappa shape index (κ3) is 3.44. The minimum Gasteiger partial charge on any atom is -0.395 e. The first-order chi connectivity index (χ1) is 9.72. The molecule has 0 bridgehead atoms. The molecule has 2 N–H and O–H groups in total. The first-order valence-corrected chi connectivity index (χ1v) is 6.83. The summed E-state index contributed by atoms with van der Waals surface area (Å²) in [5.41, 5.74) is 0.720. The van der Waals surface area contributed by atoms with Gasteiger partial charge in [0.05, 0.1) is 12.3 Å². The van der Waals surface area contributed by atoms with Gasteiger partial charge in [0.25, 0.3) is 5.91 Å². The number of rotatable bonds is 3. The van der Waals surface area contributed by atoms with E-state index in [1.165, 1.54) is 23.5 Å². The van der Waals surface area contributed by atoms with E-state index in [-0.39, 0.29) is 12.3 Å². The van der Waals surface area contributed by atoms with Gasteiger partial charge in [0.15, 0.2) is 0 Å². The van der Waals surface area contributed by atoms with Crippen LogP contribution in [0.1, 0.15) is 21.7 Å². The van der Waals surface area contributed by atoms with Crippen molar-refractivity contribution in [2.75, 3.05) is 11.9 Å². The van der Waals surface area contributed by atoms with Crippen molar-refractivity contribution in [1.29, 1.82) is 0 Å². The monoisotopic (exact) mass is 289 g/mol. The Morgan fingerprint density at radius 2 is 2.15 bits per heavy atom. The summed E-state index contributed by atoms with van der Waals surface area (Å²) in [5, 5.41) is 12.9. The van der Waals surface area contributed by atoms with E-state index in [1.807, 2.05) is 0 Å². The molecule has 1 amide bonds. The van der Waals surface area contributed by atoms with Crippen LogP contribution >= 0.6 is 11.3 Å². The Hall–Kier alpha value is -2.16. The fraction of sp³-hybridized carbons (Fsp3) is 0.133. The maximum Gasteiger partial charge on any atom is 0.267 e. The number of thiophene rings is 1. The number of carbonyl (C=O) groups is 1. The van der Waals surface area contributed by atoms with Crippen LogP contribution in [0.4, 0.5) is 10.1 Å². The molecule has 5 heteroatoms. The molecule has 102 valence electrons. The van der Waals surface area contributed by atoms with E-state index < -0.39 is 11.7 Å². The molecule has 1 heterocycles. The summed E-state index contributed by atoms with van der Waals surface area (Å²) >= 11 is 1.24. The van der Waals surface area contributed by atoms with Crippen molar-refractivity contribution in [2.24, 2.45) is 0 Å². The molecule has 2 aromatic rings. The van der Waals surface area contributed by atoms with E-state index in [2.05, 4.69) is 17.2 Å². The number of para-hydroxylation sites is 1. The zero-order chi connectivity index (χ0) is 14.4. The molecule has 0 aliphatic heterocycles. The first kappa shape index (κ1) is 14.3. The second kappa shape index (κ2) is 6.85. The second-order valence-electron chi connectivity index (χ2n) is 3.87. The molecule has 2 rings (SSSR count).